The van der Waals surface area contributed by atoms with E-state index in [1.807, 2.05) is 6.92 Å². The van der Waals surface area contributed by atoms with Crippen LogP contribution in [0.5, 0.6) is 0 Å². The van der Waals surface area contributed by atoms with Crippen LogP contribution in [0, 0.1) is 17.8 Å². The smallest absolute Gasteiger partial charge is 0.333 e. The number of carbonyl (C=O) groups is 1. The molecule has 0 aliphatic heterocycles. The predicted octanol–water partition coefficient (Wildman–Crippen LogP) is 3.71. The van der Waals surface area contributed by atoms with E-state index in [4.69, 9.17) is 4.74 Å². The summed E-state index contributed by atoms with van der Waals surface area (Å²) in [5.41, 5.74) is 2.45. The molecule has 0 amide bonds. The Hall–Kier alpha value is -0.790. The molecule has 0 N–H and O–H groups in total. The molecule has 2 rings (SSSR count). The summed E-state index contributed by atoms with van der Waals surface area (Å²) >= 11 is 0. The third-order valence-electron chi connectivity index (χ3n) is 4.43. The summed E-state index contributed by atoms with van der Waals surface area (Å²) < 4.78 is 5.20. The second-order valence-electron chi connectivity index (χ2n) is 5.73. The van der Waals surface area contributed by atoms with Gasteiger partial charge in [-0.05, 0) is 56.8 Å². The van der Waals surface area contributed by atoms with Crippen LogP contribution in [-0.2, 0) is 9.53 Å². The third kappa shape index (κ3) is 2.56. The lowest BCUT2D eigenvalue weighted by Gasteiger charge is -2.38. The minimum Gasteiger partial charge on any atom is -0.463 e. The normalized spacial score (nSPS) is 33.2. The van der Waals surface area contributed by atoms with Crippen molar-refractivity contribution in [3.8, 4) is 0 Å². The molecule has 0 heterocycles. The highest BCUT2D eigenvalue weighted by atomic mass is 16.5. The molecule has 0 spiro atoms. The van der Waals surface area contributed by atoms with E-state index in [2.05, 4.69) is 13.8 Å². The zero-order valence-electron chi connectivity index (χ0n) is 11.3. The number of rotatable bonds is 2. The summed E-state index contributed by atoms with van der Waals surface area (Å²) in [5, 5.41) is 0. The molecule has 0 unspecified atom stereocenters. The number of esters is 1. The van der Waals surface area contributed by atoms with Crippen molar-refractivity contribution in [3.63, 3.8) is 0 Å². The van der Waals surface area contributed by atoms with Crippen molar-refractivity contribution in [1.29, 1.82) is 0 Å². The van der Waals surface area contributed by atoms with Gasteiger partial charge in [0.25, 0.3) is 0 Å². The quantitative estimate of drug-likeness (QED) is 0.683. The Morgan fingerprint density at radius 3 is 2.76 bits per heavy atom. The van der Waals surface area contributed by atoms with Gasteiger partial charge in [-0.2, -0.15) is 0 Å². The lowest BCUT2D eigenvalue weighted by atomic mass is 9.67. The Morgan fingerprint density at radius 1 is 1.29 bits per heavy atom. The molecule has 96 valence electrons. The largest absolute Gasteiger partial charge is 0.463 e. The summed E-state index contributed by atoms with van der Waals surface area (Å²) in [6.45, 7) is 7.01. The molecular weight excluding hydrogens is 212 g/mol. The lowest BCUT2D eigenvalue weighted by Crippen LogP contribution is -2.29. The van der Waals surface area contributed by atoms with E-state index in [1.165, 1.54) is 18.4 Å². The van der Waals surface area contributed by atoms with Crippen LogP contribution < -0.4 is 0 Å². The molecule has 0 bridgehead atoms. The maximum Gasteiger partial charge on any atom is 0.333 e. The maximum atomic E-state index is 12.0. The second-order valence-corrected chi connectivity index (χ2v) is 5.73. The van der Waals surface area contributed by atoms with E-state index in [1.54, 1.807) is 0 Å². The fraction of sp³-hybridized carbons (Fsp3) is 0.800. The number of carbonyl (C=O) groups excluding carboxylic acids is 1. The summed E-state index contributed by atoms with van der Waals surface area (Å²) in [6, 6.07) is 0. The number of ether oxygens (including phenoxy) is 1. The Morgan fingerprint density at radius 2 is 2.06 bits per heavy atom. The van der Waals surface area contributed by atoms with Gasteiger partial charge in [0.2, 0.25) is 0 Å². The molecule has 0 saturated heterocycles. The summed E-state index contributed by atoms with van der Waals surface area (Å²) in [5.74, 6) is 2.08. The molecule has 0 aromatic heterocycles. The lowest BCUT2D eigenvalue weighted by molar-refractivity contribution is -0.139. The topological polar surface area (TPSA) is 26.3 Å². The van der Waals surface area contributed by atoms with E-state index >= 15 is 0 Å². The van der Waals surface area contributed by atoms with E-state index in [-0.39, 0.29) is 5.97 Å². The van der Waals surface area contributed by atoms with Crippen molar-refractivity contribution in [2.24, 2.45) is 17.8 Å². The Bertz CT molecular complexity index is 330. The van der Waals surface area contributed by atoms with Gasteiger partial charge in [-0.3, -0.25) is 0 Å². The Kier molecular flexibility index (Phi) is 3.90. The maximum absolute atomic E-state index is 12.0. The van der Waals surface area contributed by atoms with Crippen molar-refractivity contribution in [2.75, 3.05) is 6.61 Å². The number of allylic oxidation sites excluding steroid dienone is 1. The first-order chi connectivity index (χ1) is 8.13. The van der Waals surface area contributed by atoms with E-state index in [0.717, 1.165) is 36.7 Å². The van der Waals surface area contributed by atoms with Crippen molar-refractivity contribution >= 4 is 5.97 Å². The SMILES string of the molecule is CCOC(=O)C1=C2C[C@H](C)CC[C@@H]2[C@@H](C)CC1. The van der Waals surface area contributed by atoms with Gasteiger partial charge in [0.1, 0.15) is 0 Å². The van der Waals surface area contributed by atoms with Crippen LogP contribution in [0.2, 0.25) is 0 Å². The second kappa shape index (κ2) is 5.24. The molecule has 17 heavy (non-hydrogen) atoms. The number of hydrogen-bond donors (Lipinski definition) is 0. The van der Waals surface area contributed by atoms with Crippen LogP contribution in [-0.4, -0.2) is 12.6 Å². The molecule has 0 radical (unpaired) electrons. The zero-order chi connectivity index (χ0) is 12.4. The highest BCUT2D eigenvalue weighted by molar-refractivity contribution is 5.89. The minimum atomic E-state index is -0.0477. The molecule has 0 aromatic rings. The fourth-order valence-corrected chi connectivity index (χ4v) is 3.43. The van der Waals surface area contributed by atoms with Gasteiger partial charge in [0, 0.05) is 5.57 Å². The summed E-state index contributed by atoms with van der Waals surface area (Å²) in [4.78, 5) is 12.0. The van der Waals surface area contributed by atoms with Crippen molar-refractivity contribution in [2.45, 2.75) is 52.9 Å². The molecule has 1 fully saturated rings. The van der Waals surface area contributed by atoms with Crippen molar-refractivity contribution in [3.05, 3.63) is 11.1 Å². The Labute approximate surface area is 104 Å². The third-order valence-corrected chi connectivity index (χ3v) is 4.43. The average Bonchev–Trinajstić information content (AvgIpc) is 2.29. The van der Waals surface area contributed by atoms with Gasteiger partial charge in [0.15, 0.2) is 0 Å². The molecule has 2 heteroatoms. The van der Waals surface area contributed by atoms with Gasteiger partial charge in [-0.1, -0.05) is 19.4 Å². The monoisotopic (exact) mass is 236 g/mol. The zero-order valence-corrected chi connectivity index (χ0v) is 11.3. The van der Waals surface area contributed by atoms with E-state index in [0.29, 0.717) is 12.5 Å². The Balaban J connectivity index is 2.26. The van der Waals surface area contributed by atoms with Crippen LogP contribution >= 0.6 is 0 Å². The van der Waals surface area contributed by atoms with Crippen LogP contribution in [0.15, 0.2) is 11.1 Å². The molecule has 1 saturated carbocycles. The highest BCUT2D eigenvalue weighted by Gasteiger charge is 2.35. The average molecular weight is 236 g/mol. The summed E-state index contributed by atoms with van der Waals surface area (Å²) in [7, 11) is 0. The van der Waals surface area contributed by atoms with Gasteiger partial charge in [-0.15, -0.1) is 0 Å². The molecule has 2 aliphatic carbocycles. The molecule has 0 aromatic carbocycles. The highest BCUT2D eigenvalue weighted by Crippen LogP contribution is 2.45. The first kappa shape index (κ1) is 12.7. The van der Waals surface area contributed by atoms with E-state index in [9.17, 15) is 4.79 Å². The van der Waals surface area contributed by atoms with Crippen LogP contribution in [0.4, 0.5) is 0 Å². The number of hydrogen-bond acceptors (Lipinski definition) is 2. The van der Waals surface area contributed by atoms with Gasteiger partial charge < -0.3 is 4.74 Å². The molecular formula is C15H24O2. The molecule has 2 nitrogen and oxygen atoms in total. The van der Waals surface area contributed by atoms with Crippen LogP contribution in [0.3, 0.4) is 0 Å². The van der Waals surface area contributed by atoms with Crippen molar-refractivity contribution in [1.82, 2.24) is 0 Å². The van der Waals surface area contributed by atoms with E-state index < -0.39 is 0 Å². The fourth-order valence-electron chi connectivity index (χ4n) is 3.43. The predicted molar refractivity (Wildman–Crippen MR) is 68.6 cm³/mol. The first-order valence-corrected chi connectivity index (χ1v) is 7.02. The van der Waals surface area contributed by atoms with Gasteiger partial charge in [-0.25, -0.2) is 4.79 Å². The summed E-state index contributed by atoms with van der Waals surface area (Å²) in [6.07, 6.45) is 5.77. The first-order valence-electron chi connectivity index (χ1n) is 7.02. The standard InChI is InChI=1S/C15H24O2/c1-4-17-15(16)13-8-6-11(3)12-7-5-10(2)9-14(12)13/h10-12H,4-9H2,1-3H3/t10-,11+,12-/m1/s1. The number of fused-ring (bicyclic) bond motifs is 1. The van der Waals surface area contributed by atoms with Crippen LogP contribution in [0.25, 0.3) is 0 Å². The molecule has 3 atom stereocenters. The van der Waals surface area contributed by atoms with Crippen molar-refractivity contribution < 1.29 is 9.53 Å². The minimum absolute atomic E-state index is 0.0477. The molecule has 2 aliphatic rings. The van der Waals surface area contributed by atoms with Gasteiger partial charge in [0.05, 0.1) is 6.61 Å². The van der Waals surface area contributed by atoms with Gasteiger partial charge >= 0.3 is 5.97 Å². The van der Waals surface area contributed by atoms with Crippen LogP contribution in [0.1, 0.15) is 52.9 Å².